The second-order valence-corrected chi connectivity index (χ2v) is 5.38. The van der Waals surface area contributed by atoms with E-state index in [2.05, 4.69) is 17.0 Å². The molecule has 122 valence electrons. The summed E-state index contributed by atoms with van der Waals surface area (Å²) in [5.74, 6) is -0.174. The first-order valence-electron chi connectivity index (χ1n) is 8.03. The molecule has 0 aliphatic rings. The quantitative estimate of drug-likeness (QED) is 0.403. The predicted octanol–water partition coefficient (Wildman–Crippen LogP) is 4.48. The lowest BCUT2D eigenvalue weighted by atomic mass is 10.1. The second kappa shape index (κ2) is 16.8. The van der Waals surface area contributed by atoms with Gasteiger partial charge in [-0.05, 0) is 19.9 Å². The van der Waals surface area contributed by atoms with Crippen LogP contribution in [-0.2, 0) is 9.53 Å². The van der Waals surface area contributed by atoms with E-state index in [1.165, 1.54) is 64.9 Å². The van der Waals surface area contributed by atoms with Crippen LogP contribution in [0.15, 0.2) is 0 Å². The van der Waals surface area contributed by atoms with Crippen molar-refractivity contribution in [2.24, 2.45) is 0 Å². The Morgan fingerprint density at radius 1 is 0.950 bits per heavy atom. The number of unbranched alkanes of at least 4 members (excludes halogenated alkanes) is 9. The van der Waals surface area contributed by atoms with E-state index < -0.39 is 0 Å². The third-order valence-corrected chi connectivity index (χ3v) is 3.54. The van der Waals surface area contributed by atoms with Gasteiger partial charge in [-0.25, -0.2) is 0 Å². The van der Waals surface area contributed by atoms with Gasteiger partial charge < -0.3 is 10.1 Å². The van der Waals surface area contributed by atoms with E-state index >= 15 is 0 Å². The molecule has 0 radical (unpaired) electrons. The molecule has 0 aromatic rings. The standard InChI is InChI=1S/C16H33NO2.ClH/c1-4-5-6-7-8-9-10-11-12-13-14-17-15(2)16(18)19-3;/h15,17H,4-14H2,1-3H3;1H. The van der Waals surface area contributed by atoms with Gasteiger partial charge in [0, 0.05) is 0 Å². The van der Waals surface area contributed by atoms with Crippen LogP contribution < -0.4 is 5.32 Å². The Balaban J connectivity index is 0. The molecule has 0 heterocycles. The van der Waals surface area contributed by atoms with Crippen molar-refractivity contribution in [1.82, 2.24) is 5.32 Å². The van der Waals surface area contributed by atoms with Crippen molar-refractivity contribution in [3.8, 4) is 0 Å². The molecule has 0 rings (SSSR count). The van der Waals surface area contributed by atoms with Crippen molar-refractivity contribution in [2.75, 3.05) is 13.7 Å². The highest BCUT2D eigenvalue weighted by atomic mass is 35.5. The lowest BCUT2D eigenvalue weighted by Crippen LogP contribution is -2.35. The molecule has 0 bridgehead atoms. The Kier molecular flexibility index (Phi) is 18.5. The van der Waals surface area contributed by atoms with E-state index in [9.17, 15) is 4.79 Å². The Labute approximate surface area is 131 Å². The number of rotatable bonds is 13. The van der Waals surface area contributed by atoms with Crippen LogP contribution in [-0.4, -0.2) is 25.7 Å². The fourth-order valence-electron chi connectivity index (χ4n) is 2.19. The number of carbonyl (C=O) groups excluding carboxylic acids is 1. The summed E-state index contributed by atoms with van der Waals surface area (Å²) in [4.78, 5) is 11.1. The minimum absolute atomic E-state index is 0. The molecule has 0 amide bonds. The third-order valence-electron chi connectivity index (χ3n) is 3.54. The molecule has 0 aromatic carbocycles. The topological polar surface area (TPSA) is 38.3 Å². The average molecular weight is 308 g/mol. The van der Waals surface area contributed by atoms with E-state index in [0.717, 1.165) is 13.0 Å². The van der Waals surface area contributed by atoms with Crippen molar-refractivity contribution < 1.29 is 9.53 Å². The maximum atomic E-state index is 11.1. The van der Waals surface area contributed by atoms with Crippen LogP contribution in [0.1, 0.15) is 78.1 Å². The van der Waals surface area contributed by atoms with Gasteiger partial charge in [-0.1, -0.05) is 64.7 Å². The fraction of sp³-hybridized carbons (Fsp3) is 0.938. The van der Waals surface area contributed by atoms with Gasteiger partial charge in [-0.15, -0.1) is 12.4 Å². The highest BCUT2D eigenvalue weighted by Crippen LogP contribution is 2.10. The molecule has 20 heavy (non-hydrogen) atoms. The zero-order valence-corrected chi connectivity index (χ0v) is 14.4. The highest BCUT2D eigenvalue weighted by molar-refractivity contribution is 5.85. The number of hydrogen-bond acceptors (Lipinski definition) is 3. The first kappa shape index (κ1) is 22.0. The lowest BCUT2D eigenvalue weighted by molar-refractivity contribution is -0.142. The number of nitrogens with one attached hydrogen (secondary N) is 1. The molecular formula is C16H34ClNO2. The van der Waals surface area contributed by atoms with Crippen molar-refractivity contribution >= 4 is 18.4 Å². The largest absolute Gasteiger partial charge is 0.468 e. The molecule has 0 spiro atoms. The van der Waals surface area contributed by atoms with Gasteiger partial charge in [-0.3, -0.25) is 4.79 Å². The van der Waals surface area contributed by atoms with Gasteiger partial charge in [0.1, 0.15) is 6.04 Å². The highest BCUT2D eigenvalue weighted by Gasteiger charge is 2.10. The minimum Gasteiger partial charge on any atom is -0.468 e. The molecule has 0 aliphatic heterocycles. The molecule has 1 unspecified atom stereocenters. The molecule has 0 saturated heterocycles. The number of carbonyl (C=O) groups is 1. The van der Waals surface area contributed by atoms with E-state index in [1.54, 1.807) is 0 Å². The number of esters is 1. The molecule has 1 atom stereocenters. The van der Waals surface area contributed by atoms with Crippen molar-refractivity contribution in [1.29, 1.82) is 0 Å². The molecular weight excluding hydrogens is 274 g/mol. The Morgan fingerprint density at radius 2 is 1.40 bits per heavy atom. The first-order valence-corrected chi connectivity index (χ1v) is 8.03. The van der Waals surface area contributed by atoms with Crippen LogP contribution in [0.25, 0.3) is 0 Å². The lowest BCUT2D eigenvalue weighted by Gasteiger charge is -2.10. The number of methoxy groups -OCH3 is 1. The van der Waals surface area contributed by atoms with Crippen LogP contribution in [0.3, 0.4) is 0 Å². The average Bonchev–Trinajstić information content (AvgIpc) is 2.43. The third kappa shape index (κ3) is 14.1. The van der Waals surface area contributed by atoms with Crippen LogP contribution in [0.4, 0.5) is 0 Å². The summed E-state index contributed by atoms with van der Waals surface area (Å²) in [5.41, 5.74) is 0. The summed E-state index contributed by atoms with van der Waals surface area (Å²) >= 11 is 0. The summed E-state index contributed by atoms with van der Waals surface area (Å²) in [5, 5.41) is 3.18. The van der Waals surface area contributed by atoms with Crippen LogP contribution in [0, 0.1) is 0 Å². The second-order valence-electron chi connectivity index (χ2n) is 5.38. The van der Waals surface area contributed by atoms with Gasteiger partial charge in [-0.2, -0.15) is 0 Å². The smallest absolute Gasteiger partial charge is 0.322 e. The molecule has 0 aliphatic carbocycles. The normalized spacial score (nSPS) is 11.8. The summed E-state index contributed by atoms with van der Waals surface area (Å²) in [7, 11) is 1.43. The zero-order chi connectivity index (χ0) is 14.3. The van der Waals surface area contributed by atoms with Gasteiger partial charge in [0.15, 0.2) is 0 Å². The van der Waals surface area contributed by atoms with E-state index in [-0.39, 0.29) is 24.4 Å². The SMILES string of the molecule is CCCCCCCCCCCCNC(C)C(=O)OC.Cl. The summed E-state index contributed by atoms with van der Waals surface area (Å²) < 4.78 is 4.66. The maximum Gasteiger partial charge on any atom is 0.322 e. The first-order chi connectivity index (χ1) is 9.22. The number of ether oxygens (including phenoxy) is 1. The number of hydrogen-bond donors (Lipinski definition) is 1. The van der Waals surface area contributed by atoms with E-state index in [1.807, 2.05) is 6.92 Å². The van der Waals surface area contributed by atoms with Crippen molar-refractivity contribution in [2.45, 2.75) is 84.1 Å². The van der Waals surface area contributed by atoms with Gasteiger partial charge in [0.2, 0.25) is 0 Å². The maximum absolute atomic E-state index is 11.1. The van der Waals surface area contributed by atoms with Crippen LogP contribution >= 0.6 is 12.4 Å². The van der Waals surface area contributed by atoms with E-state index in [4.69, 9.17) is 0 Å². The van der Waals surface area contributed by atoms with Gasteiger partial charge in [0.25, 0.3) is 0 Å². The fourth-order valence-corrected chi connectivity index (χ4v) is 2.19. The predicted molar refractivity (Wildman–Crippen MR) is 88.6 cm³/mol. The van der Waals surface area contributed by atoms with Gasteiger partial charge in [0.05, 0.1) is 7.11 Å². The molecule has 0 saturated carbocycles. The summed E-state index contributed by atoms with van der Waals surface area (Å²) in [6, 6.07) is -0.177. The van der Waals surface area contributed by atoms with E-state index in [0.29, 0.717) is 0 Å². The van der Waals surface area contributed by atoms with Crippen LogP contribution in [0.5, 0.6) is 0 Å². The van der Waals surface area contributed by atoms with Crippen LogP contribution in [0.2, 0.25) is 0 Å². The molecule has 0 aromatic heterocycles. The number of halogens is 1. The van der Waals surface area contributed by atoms with Crippen molar-refractivity contribution in [3.63, 3.8) is 0 Å². The zero-order valence-electron chi connectivity index (χ0n) is 13.6. The van der Waals surface area contributed by atoms with Gasteiger partial charge >= 0.3 is 5.97 Å². The Hall–Kier alpha value is -0.280. The molecule has 4 heteroatoms. The summed E-state index contributed by atoms with van der Waals surface area (Å²) in [6.07, 6.45) is 13.4. The molecule has 0 fully saturated rings. The van der Waals surface area contributed by atoms with Crippen molar-refractivity contribution in [3.05, 3.63) is 0 Å². The minimum atomic E-state index is -0.177. The Bertz CT molecular complexity index is 213. The Morgan fingerprint density at radius 3 is 1.85 bits per heavy atom. The summed E-state index contributed by atoms with van der Waals surface area (Å²) in [6.45, 7) is 5.02. The monoisotopic (exact) mass is 307 g/mol. The molecule has 1 N–H and O–H groups in total. The molecule has 3 nitrogen and oxygen atoms in total.